The van der Waals surface area contributed by atoms with Gasteiger partial charge in [-0.3, -0.25) is 0 Å². The predicted octanol–water partition coefficient (Wildman–Crippen LogP) is 3.79. The van der Waals surface area contributed by atoms with Crippen molar-refractivity contribution in [3.63, 3.8) is 0 Å². The van der Waals surface area contributed by atoms with Crippen molar-refractivity contribution in [3.05, 3.63) is 34.9 Å². The first-order valence-electron chi connectivity index (χ1n) is 6.11. The Hall–Kier alpha value is -0.530. The molecular formula is C14H20ClN. The van der Waals surface area contributed by atoms with Crippen molar-refractivity contribution in [2.24, 2.45) is 11.7 Å². The van der Waals surface area contributed by atoms with Gasteiger partial charge in [0.15, 0.2) is 0 Å². The third-order valence-corrected chi connectivity index (χ3v) is 3.95. The lowest BCUT2D eigenvalue weighted by atomic mass is 9.75. The Morgan fingerprint density at radius 3 is 2.69 bits per heavy atom. The predicted molar refractivity (Wildman–Crippen MR) is 69.7 cm³/mol. The smallest absolute Gasteiger partial charge is 0.0408 e. The van der Waals surface area contributed by atoms with Gasteiger partial charge in [0.05, 0.1) is 0 Å². The monoisotopic (exact) mass is 237 g/mol. The lowest BCUT2D eigenvalue weighted by Crippen LogP contribution is -2.45. The Morgan fingerprint density at radius 1 is 1.38 bits per heavy atom. The quantitative estimate of drug-likeness (QED) is 0.832. The van der Waals surface area contributed by atoms with Gasteiger partial charge in [-0.15, -0.1) is 0 Å². The molecule has 0 bridgehead atoms. The lowest BCUT2D eigenvalue weighted by molar-refractivity contribution is 0.243. The van der Waals surface area contributed by atoms with E-state index in [-0.39, 0.29) is 5.54 Å². The Balaban J connectivity index is 2.03. The van der Waals surface area contributed by atoms with Crippen molar-refractivity contribution in [3.8, 4) is 0 Å². The second-order valence-electron chi connectivity index (χ2n) is 5.35. The number of halogens is 1. The largest absolute Gasteiger partial charge is 0.325 e. The van der Waals surface area contributed by atoms with Crippen LogP contribution < -0.4 is 5.73 Å². The molecule has 2 heteroatoms. The highest BCUT2D eigenvalue weighted by Crippen LogP contribution is 2.32. The second-order valence-corrected chi connectivity index (χ2v) is 5.79. The van der Waals surface area contributed by atoms with Gasteiger partial charge in [0, 0.05) is 10.6 Å². The average molecular weight is 238 g/mol. The molecular weight excluding hydrogens is 218 g/mol. The summed E-state index contributed by atoms with van der Waals surface area (Å²) in [5.74, 6) is 0.844. The Labute approximate surface area is 103 Å². The van der Waals surface area contributed by atoms with Gasteiger partial charge in [0.1, 0.15) is 0 Å². The maximum absolute atomic E-state index is 6.46. The van der Waals surface area contributed by atoms with E-state index in [4.69, 9.17) is 17.3 Å². The molecule has 0 unspecified atom stereocenters. The fraction of sp³-hybridized carbons (Fsp3) is 0.571. The third-order valence-electron chi connectivity index (χ3n) is 3.72. The number of benzene rings is 1. The molecule has 0 atom stereocenters. The summed E-state index contributed by atoms with van der Waals surface area (Å²) in [4.78, 5) is 0. The zero-order valence-electron chi connectivity index (χ0n) is 9.88. The van der Waals surface area contributed by atoms with Crippen LogP contribution in [-0.4, -0.2) is 5.54 Å². The van der Waals surface area contributed by atoms with Crippen molar-refractivity contribution in [1.29, 1.82) is 0 Å². The summed E-state index contributed by atoms with van der Waals surface area (Å²) in [6, 6.07) is 8.08. The topological polar surface area (TPSA) is 26.0 Å². The van der Waals surface area contributed by atoms with Crippen LogP contribution in [0.15, 0.2) is 24.3 Å². The molecule has 1 aromatic carbocycles. The van der Waals surface area contributed by atoms with E-state index in [1.807, 2.05) is 18.2 Å². The van der Waals surface area contributed by atoms with Gasteiger partial charge in [0.25, 0.3) is 0 Å². The molecule has 1 nitrogen and oxygen atoms in total. The molecule has 0 aliphatic heterocycles. The van der Waals surface area contributed by atoms with Crippen molar-refractivity contribution in [1.82, 2.24) is 0 Å². The maximum atomic E-state index is 6.46. The minimum atomic E-state index is -0.00279. The normalized spacial score (nSPS) is 30.3. The zero-order valence-corrected chi connectivity index (χ0v) is 10.6. The van der Waals surface area contributed by atoms with Crippen LogP contribution in [0.3, 0.4) is 0 Å². The van der Waals surface area contributed by atoms with Gasteiger partial charge in [-0.1, -0.05) is 30.7 Å². The highest BCUT2D eigenvalue weighted by atomic mass is 35.5. The summed E-state index contributed by atoms with van der Waals surface area (Å²) >= 11 is 5.99. The number of nitrogens with two attached hydrogens (primary N) is 1. The molecule has 0 spiro atoms. The molecule has 0 aromatic heterocycles. The fourth-order valence-electron chi connectivity index (χ4n) is 2.57. The van der Waals surface area contributed by atoms with Crippen LogP contribution in [0.5, 0.6) is 0 Å². The zero-order chi connectivity index (χ0) is 11.6. The average Bonchev–Trinajstić information content (AvgIpc) is 2.23. The Bertz CT molecular complexity index is 354. The number of rotatable bonds is 2. The van der Waals surface area contributed by atoms with E-state index in [9.17, 15) is 0 Å². The molecule has 0 amide bonds. The van der Waals surface area contributed by atoms with Crippen LogP contribution in [-0.2, 0) is 6.42 Å². The molecule has 0 saturated heterocycles. The summed E-state index contributed by atoms with van der Waals surface area (Å²) < 4.78 is 0. The molecule has 1 saturated carbocycles. The summed E-state index contributed by atoms with van der Waals surface area (Å²) in [7, 11) is 0. The van der Waals surface area contributed by atoms with Gasteiger partial charge in [-0.25, -0.2) is 0 Å². The molecule has 1 aliphatic carbocycles. The molecule has 2 N–H and O–H groups in total. The van der Waals surface area contributed by atoms with Crippen LogP contribution in [0.4, 0.5) is 0 Å². The van der Waals surface area contributed by atoms with Crippen LogP contribution in [0, 0.1) is 5.92 Å². The SMILES string of the molecule is CC1CCC(N)(Cc2cccc(Cl)c2)CC1. The second kappa shape index (κ2) is 4.77. The maximum Gasteiger partial charge on any atom is 0.0408 e. The summed E-state index contributed by atoms with van der Waals surface area (Å²) in [6.45, 7) is 2.32. The van der Waals surface area contributed by atoms with Crippen molar-refractivity contribution >= 4 is 11.6 Å². The van der Waals surface area contributed by atoms with Crippen molar-refractivity contribution < 1.29 is 0 Å². The van der Waals surface area contributed by atoms with E-state index in [0.717, 1.165) is 30.2 Å². The minimum Gasteiger partial charge on any atom is -0.325 e. The number of hydrogen-bond donors (Lipinski definition) is 1. The van der Waals surface area contributed by atoms with E-state index >= 15 is 0 Å². The van der Waals surface area contributed by atoms with Crippen molar-refractivity contribution in [2.75, 3.05) is 0 Å². The first kappa shape index (κ1) is 11.9. The molecule has 0 heterocycles. The summed E-state index contributed by atoms with van der Waals surface area (Å²) in [5.41, 5.74) is 7.73. The van der Waals surface area contributed by atoms with Crippen LogP contribution in [0.25, 0.3) is 0 Å². The standard InChI is InChI=1S/C14H20ClN/c1-11-5-7-14(16,8-6-11)10-12-3-2-4-13(15)9-12/h2-4,9,11H,5-8,10,16H2,1H3. The molecule has 2 rings (SSSR count). The van der Waals surface area contributed by atoms with E-state index < -0.39 is 0 Å². The van der Waals surface area contributed by atoms with Gasteiger partial charge in [0.2, 0.25) is 0 Å². The van der Waals surface area contributed by atoms with Gasteiger partial charge < -0.3 is 5.73 Å². The van der Waals surface area contributed by atoms with Gasteiger partial charge in [-0.2, -0.15) is 0 Å². The molecule has 0 radical (unpaired) electrons. The number of hydrogen-bond acceptors (Lipinski definition) is 1. The van der Waals surface area contributed by atoms with Crippen LogP contribution >= 0.6 is 11.6 Å². The van der Waals surface area contributed by atoms with Gasteiger partial charge >= 0.3 is 0 Å². The Morgan fingerprint density at radius 2 is 2.06 bits per heavy atom. The molecule has 16 heavy (non-hydrogen) atoms. The van der Waals surface area contributed by atoms with Crippen molar-refractivity contribution in [2.45, 2.75) is 44.6 Å². The first-order chi connectivity index (χ1) is 7.57. The van der Waals surface area contributed by atoms with E-state index in [2.05, 4.69) is 13.0 Å². The van der Waals surface area contributed by atoms with Gasteiger partial charge in [-0.05, 0) is 55.7 Å². The van der Waals surface area contributed by atoms with E-state index in [1.165, 1.54) is 18.4 Å². The highest BCUT2D eigenvalue weighted by molar-refractivity contribution is 6.30. The fourth-order valence-corrected chi connectivity index (χ4v) is 2.78. The molecule has 1 aliphatic rings. The highest BCUT2D eigenvalue weighted by Gasteiger charge is 2.30. The lowest BCUT2D eigenvalue weighted by Gasteiger charge is -2.36. The first-order valence-corrected chi connectivity index (χ1v) is 6.49. The Kier molecular flexibility index (Phi) is 3.56. The molecule has 1 aromatic rings. The summed E-state index contributed by atoms with van der Waals surface area (Å²) in [5, 5.41) is 0.810. The van der Waals surface area contributed by atoms with E-state index in [1.54, 1.807) is 0 Å². The third kappa shape index (κ3) is 2.99. The molecule has 1 fully saturated rings. The van der Waals surface area contributed by atoms with Crippen LogP contribution in [0.1, 0.15) is 38.2 Å². The minimum absolute atomic E-state index is 0.00279. The van der Waals surface area contributed by atoms with Crippen LogP contribution in [0.2, 0.25) is 5.02 Å². The van der Waals surface area contributed by atoms with E-state index in [0.29, 0.717) is 0 Å². The molecule has 88 valence electrons. The summed E-state index contributed by atoms with van der Waals surface area (Å²) in [6.07, 6.45) is 5.76.